The first-order valence-corrected chi connectivity index (χ1v) is 11.3. The van der Waals surface area contributed by atoms with Gasteiger partial charge in [0, 0.05) is 3.92 Å². The van der Waals surface area contributed by atoms with Gasteiger partial charge in [0.05, 0.1) is 0 Å². The highest BCUT2D eigenvalue weighted by Gasteiger charge is 2.05. The van der Waals surface area contributed by atoms with Crippen LogP contribution in [0.4, 0.5) is 0 Å². The standard InChI is InChI=1S/C22H37I/c1-2-3-4-5-6-7-8-9-10-11-12-13-17-20-22(23)21-18-15-14-16-19-21/h14-16,18-19,22H,2-13,17,20H2,1H3. The molecule has 0 aromatic heterocycles. The van der Waals surface area contributed by atoms with E-state index < -0.39 is 0 Å². The van der Waals surface area contributed by atoms with Crippen LogP contribution in [-0.4, -0.2) is 0 Å². The minimum atomic E-state index is 0.696. The van der Waals surface area contributed by atoms with Crippen molar-refractivity contribution in [1.82, 2.24) is 0 Å². The maximum absolute atomic E-state index is 2.60. The van der Waals surface area contributed by atoms with E-state index >= 15 is 0 Å². The Bertz CT molecular complexity index is 346. The SMILES string of the molecule is CCCCCCCCCCCCCCCC(I)c1ccccc1. The number of unbranched alkanes of at least 4 members (excludes halogenated alkanes) is 12. The fraction of sp³-hybridized carbons (Fsp3) is 0.727. The van der Waals surface area contributed by atoms with Crippen molar-refractivity contribution < 1.29 is 0 Å². The quantitative estimate of drug-likeness (QED) is 0.149. The van der Waals surface area contributed by atoms with E-state index in [2.05, 4.69) is 59.8 Å². The Morgan fingerprint density at radius 1 is 0.652 bits per heavy atom. The Kier molecular flexibility index (Phi) is 14.1. The molecule has 1 rings (SSSR count). The molecule has 0 fully saturated rings. The summed E-state index contributed by atoms with van der Waals surface area (Å²) in [7, 11) is 0. The maximum atomic E-state index is 2.60. The summed E-state index contributed by atoms with van der Waals surface area (Å²) in [6.07, 6.45) is 20.1. The second-order valence-corrected chi connectivity index (χ2v) is 8.41. The number of halogens is 1. The van der Waals surface area contributed by atoms with Crippen LogP contribution in [0, 0.1) is 0 Å². The first-order valence-electron chi connectivity index (χ1n) is 10.0. The highest BCUT2D eigenvalue weighted by atomic mass is 127. The zero-order valence-electron chi connectivity index (χ0n) is 15.2. The molecule has 0 amide bonds. The van der Waals surface area contributed by atoms with Crippen molar-refractivity contribution in [3.8, 4) is 0 Å². The highest BCUT2D eigenvalue weighted by molar-refractivity contribution is 14.1. The summed E-state index contributed by atoms with van der Waals surface area (Å²) in [5.41, 5.74) is 1.49. The third-order valence-electron chi connectivity index (χ3n) is 4.72. The second kappa shape index (κ2) is 15.5. The van der Waals surface area contributed by atoms with Crippen LogP contribution < -0.4 is 0 Å². The Hall–Kier alpha value is -0.0500. The lowest BCUT2D eigenvalue weighted by Gasteiger charge is -2.09. The van der Waals surface area contributed by atoms with E-state index in [1.54, 1.807) is 0 Å². The Morgan fingerprint density at radius 2 is 1.09 bits per heavy atom. The molecule has 1 heteroatoms. The topological polar surface area (TPSA) is 0 Å². The van der Waals surface area contributed by atoms with Crippen LogP contribution >= 0.6 is 22.6 Å². The van der Waals surface area contributed by atoms with Crippen LogP contribution in [0.3, 0.4) is 0 Å². The second-order valence-electron chi connectivity index (χ2n) is 6.91. The average molecular weight is 428 g/mol. The van der Waals surface area contributed by atoms with Gasteiger partial charge >= 0.3 is 0 Å². The molecule has 1 aromatic carbocycles. The van der Waals surface area contributed by atoms with Crippen molar-refractivity contribution in [2.24, 2.45) is 0 Å². The number of benzene rings is 1. The first kappa shape index (κ1) is 21.0. The van der Waals surface area contributed by atoms with Gasteiger partial charge in [0.1, 0.15) is 0 Å². The van der Waals surface area contributed by atoms with Gasteiger partial charge < -0.3 is 0 Å². The number of hydrogen-bond acceptors (Lipinski definition) is 0. The van der Waals surface area contributed by atoms with Crippen LogP contribution in [0.1, 0.15) is 106 Å². The molecule has 0 heterocycles. The first-order chi connectivity index (χ1) is 11.3. The summed E-state index contributed by atoms with van der Waals surface area (Å²) < 4.78 is 0.696. The lowest BCUT2D eigenvalue weighted by molar-refractivity contribution is 0.536. The monoisotopic (exact) mass is 428 g/mol. The fourth-order valence-corrected chi connectivity index (χ4v) is 4.03. The van der Waals surface area contributed by atoms with Crippen LogP contribution in [0.5, 0.6) is 0 Å². The molecule has 1 atom stereocenters. The minimum absolute atomic E-state index is 0.696. The van der Waals surface area contributed by atoms with E-state index in [0.29, 0.717) is 3.92 Å². The Morgan fingerprint density at radius 3 is 1.57 bits per heavy atom. The van der Waals surface area contributed by atoms with Crippen LogP contribution in [0.25, 0.3) is 0 Å². The van der Waals surface area contributed by atoms with E-state index in [1.165, 1.54) is 95.5 Å². The van der Waals surface area contributed by atoms with Gasteiger partial charge in [-0.1, -0.05) is 143 Å². The molecule has 1 unspecified atom stereocenters. The number of hydrogen-bond donors (Lipinski definition) is 0. The van der Waals surface area contributed by atoms with Gasteiger partial charge in [0.2, 0.25) is 0 Å². The van der Waals surface area contributed by atoms with E-state index in [0.717, 1.165) is 0 Å². The molecular weight excluding hydrogens is 391 g/mol. The van der Waals surface area contributed by atoms with E-state index in [1.807, 2.05) is 0 Å². The van der Waals surface area contributed by atoms with Gasteiger partial charge in [0.15, 0.2) is 0 Å². The lowest BCUT2D eigenvalue weighted by Crippen LogP contribution is -1.90. The molecule has 0 N–H and O–H groups in total. The molecule has 132 valence electrons. The summed E-state index contributed by atoms with van der Waals surface area (Å²) in [6, 6.07) is 11.0. The molecule has 0 aliphatic carbocycles. The largest absolute Gasteiger partial charge is 0.0774 e. The highest BCUT2D eigenvalue weighted by Crippen LogP contribution is 2.29. The van der Waals surface area contributed by atoms with Crippen molar-refractivity contribution in [2.75, 3.05) is 0 Å². The summed E-state index contributed by atoms with van der Waals surface area (Å²) >= 11 is 2.60. The van der Waals surface area contributed by atoms with Crippen molar-refractivity contribution in [2.45, 2.75) is 101 Å². The van der Waals surface area contributed by atoms with Crippen molar-refractivity contribution in [3.63, 3.8) is 0 Å². The Labute approximate surface area is 159 Å². The van der Waals surface area contributed by atoms with Crippen LogP contribution in [0.15, 0.2) is 30.3 Å². The molecule has 0 saturated carbocycles. The predicted octanol–water partition coefficient (Wildman–Crippen LogP) is 8.64. The molecule has 1 aromatic rings. The molecule has 0 radical (unpaired) electrons. The van der Waals surface area contributed by atoms with E-state index in [4.69, 9.17) is 0 Å². The summed E-state index contributed by atoms with van der Waals surface area (Å²) in [4.78, 5) is 0. The van der Waals surface area contributed by atoms with Gasteiger partial charge in [0.25, 0.3) is 0 Å². The summed E-state index contributed by atoms with van der Waals surface area (Å²) in [5, 5.41) is 0. The Balaban J connectivity index is 1.81. The van der Waals surface area contributed by atoms with Gasteiger partial charge in [-0.05, 0) is 12.0 Å². The summed E-state index contributed by atoms with van der Waals surface area (Å²) in [6.45, 7) is 2.29. The number of rotatable bonds is 15. The molecule has 0 nitrogen and oxygen atoms in total. The van der Waals surface area contributed by atoms with Crippen LogP contribution in [0.2, 0.25) is 0 Å². The van der Waals surface area contributed by atoms with Gasteiger partial charge in [-0.25, -0.2) is 0 Å². The minimum Gasteiger partial charge on any atom is -0.0774 e. The normalized spacial score (nSPS) is 12.4. The predicted molar refractivity (Wildman–Crippen MR) is 114 cm³/mol. The molecule has 23 heavy (non-hydrogen) atoms. The number of alkyl halides is 1. The van der Waals surface area contributed by atoms with Crippen molar-refractivity contribution >= 4 is 22.6 Å². The zero-order valence-corrected chi connectivity index (χ0v) is 17.4. The van der Waals surface area contributed by atoms with Gasteiger partial charge in [-0.15, -0.1) is 0 Å². The molecule has 0 bridgehead atoms. The van der Waals surface area contributed by atoms with Gasteiger partial charge in [-0.3, -0.25) is 0 Å². The fourth-order valence-electron chi connectivity index (χ4n) is 3.17. The van der Waals surface area contributed by atoms with E-state index in [-0.39, 0.29) is 0 Å². The van der Waals surface area contributed by atoms with E-state index in [9.17, 15) is 0 Å². The lowest BCUT2D eigenvalue weighted by atomic mass is 10.0. The average Bonchev–Trinajstić information content (AvgIpc) is 2.59. The molecule has 0 aliphatic heterocycles. The van der Waals surface area contributed by atoms with Crippen molar-refractivity contribution in [1.29, 1.82) is 0 Å². The molecule has 0 aliphatic rings. The third-order valence-corrected chi connectivity index (χ3v) is 6.06. The molecule has 0 saturated heterocycles. The van der Waals surface area contributed by atoms with Crippen molar-refractivity contribution in [3.05, 3.63) is 35.9 Å². The molecular formula is C22H37I. The zero-order chi connectivity index (χ0) is 16.6. The summed E-state index contributed by atoms with van der Waals surface area (Å²) in [5.74, 6) is 0. The third kappa shape index (κ3) is 12.0. The van der Waals surface area contributed by atoms with Gasteiger partial charge in [-0.2, -0.15) is 0 Å². The maximum Gasteiger partial charge on any atom is 0.0359 e. The smallest absolute Gasteiger partial charge is 0.0359 e. The molecule has 0 spiro atoms. The van der Waals surface area contributed by atoms with Crippen LogP contribution in [-0.2, 0) is 0 Å².